The summed E-state index contributed by atoms with van der Waals surface area (Å²) in [6, 6.07) is 11.9. The van der Waals surface area contributed by atoms with Gasteiger partial charge in [0.1, 0.15) is 5.75 Å². The number of nitrogens with one attached hydrogen (secondary N) is 1. The van der Waals surface area contributed by atoms with E-state index in [1.807, 2.05) is 6.92 Å². The maximum Gasteiger partial charge on any atom is 0.268 e. The summed E-state index contributed by atoms with van der Waals surface area (Å²) in [5.41, 5.74) is 8.13. The lowest BCUT2D eigenvalue weighted by atomic mass is 9.97. The summed E-state index contributed by atoms with van der Waals surface area (Å²) in [6.07, 6.45) is 11.6. The topological polar surface area (TPSA) is 103 Å². The van der Waals surface area contributed by atoms with Gasteiger partial charge < -0.3 is 15.8 Å². The normalized spacial score (nSPS) is 15.7. The van der Waals surface area contributed by atoms with Gasteiger partial charge in [-0.3, -0.25) is 4.79 Å². The molecule has 4 rings (SSSR count). The van der Waals surface area contributed by atoms with Crippen molar-refractivity contribution in [1.82, 2.24) is 9.29 Å². The van der Waals surface area contributed by atoms with Gasteiger partial charge in [0, 0.05) is 24.7 Å². The highest BCUT2D eigenvalue weighted by atomic mass is 32.2. The van der Waals surface area contributed by atoms with Crippen LogP contribution < -0.4 is 15.8 Å². The maximum atomic E-state index is 13.3. The van der Waals surface area contributed by atoms with E-state index in [4.69, 9.17) is 10.5 Å². The minimum atomic E-state index is -3.78. The molecule has 1 heterocycles. The summed E-state index contributed by atoms with van der Waals surface area (Å²) in [5.74, 6) is 0.888. The highest BCUT2D eigenvalue weighted by Crippen LogP contribution is 2.29. The molecule has 0 aliphatic heterocycles. The fourth-order valence-electron chi connectivity index (χ4n) is 4.90. The average molecular weight is 512 g/mol. The first-order valence-electron chi connectivity index (χ1n) is 12.9. The molecule has 3 aromatic rings. The number of aromatic nitrogens is 1. The lowest BCUT2D eigenvalue weighted by Gasteiger charge is -2.16. The lowest BCUT2D eigenvalue weighted by Crippen LogP contribution is -2.33. The molecule has 194 valence electrons. The molecule has 8 heteroatoms. The Bertz CT molecular complexity index is 1270. The number of carbonyl (C=O) groups is 1. The molecule has 0 atom stereocenters. The molecule has 1 aliphatic rings. The van der Waals surface area contributed by atoms with Crippen molar-refractivity contribution in [3.8, 4) is 5.75 Å². The number of hydrogen-bond acceptors (Lipinski definition) is 5. The summed E-state index contributed by atoms with van der Waals surface area (Å²) in [6.45, 7) is 2.70. The number of ether oxygens (including phenoxy) is 1. The number of nitrogens with two attached hydrogens (primary N) is 1. The highest BCUT2D eigenvalue weighted by molar-refractivity contribution is 7.90. The SMILES string of the molecule is Cc1ccc(S(=O)(=O)n2cc(CN)c3cc(OCC(=O)NCC4CCCCCCCC4)ccc32)cc1. The third-order valence-electron chi connectivity index (χ3n) is 7.05. The molecule has 1 aliphatic carbocycles. The van der Waals surface area contributed by atoms with Gasteiger partial charge in [-0.2, -0.15) is 0 Å². The van der Waals surface area contributed by atoms with E-state index < -0.39 is 10.0 Å². The van der Waals surface area contributed by atoms with E-state index in [2.05, 4.69) is 5.32 Å². The second kappa shape index (κ2) is 11.9. The van der Waals surface area contributed by atoms with Crippen LogP contribution >= 0.6 is 0 Å². The first-order chi connectivity index (χ1) is 17.4. The van der Waals surface area contributed by atoms with E-state index in [-0.39, 0.29) is 24.0 Å². The van der Waals surface area contributed by atoms with Crippen LogP contribution in [0.4, 0.5) is 0 Å². The van der Waals surface area contributed by atoms with Crippen molar-refractivity contribution in [2.75, 3.05) is 13.2 Å². The van der Waals surface area contributed by atoms with Crippen LogP contribution in [-0.2, 0) is 21.4 Å². The van der Waals surface area contributed by atoms with Crippen LogP contribution in [0.1, 0.15) is 62.5 Å². The van der Waals surface area contributed by atoms with Crippen LogP contribution in [0.15, 0.2) is 53.6 Å². The van der Waals surface area contributed by atoms with Gasteiger partial charge in [0.15, 0.2) is 6.61 Å². The lowest BCUT2D eigenvalue weighted by molar-refractivity contribution is -0.123. The number of amides is 1. The fraction of sp³-hybridized carbons (Fsp3) is 0.464. The Morgan fingerprint density at radius 1 is 1.03 bits per heavy atom. The molecule has 1 amide bonds. The third kappa shape index (κ3) is 6.28. The Labute approximate surface area is 214 Å². The number of hydrogen-bond donors (Lipinski definition) is 2. The second-order valence-electron chi connectivity index (χ2n) is 9.81. The van der Waals surface area contributed by atoms with Crippen molar-refractivity contribution in [1.29, 1.82) is 0 Å². The van der Waals surface area contributed by atoms with Crippen molar-refractivity contribution < 1.29 is 17.9 Å². The van der Waals surface area contributed by atoms with Crippen LogP contribution in [0.3, 0.4) is 0 Å². The molecule has 1 fully saturated rings. The Morgan fingerprint density at radius 3 is 2.36 bits per heavy atom. The standard InChI is InChI=1S/C28H37N3O4S/c1-21-10-13-25(14-11-21)36(33,34)31-19-23(17-29)26-16-24(12-15-27(26)31)35-20-28(32)30-18-22-8-6-4-2-3-5-7-9-22/h10-16,19,22H,2-9,17-18,20,29H2,1H3,(H,30,32). The summed E-state index contributed by atoms with van der Waals surface area (Å²) in [5, 5.41) is 3.72. The summed E-state index contributed by atoms with van der Waals surface area (Å²) in [4.78, 5) is 12.7. The molecule has 1 aromatic heterocycles. The number of rotatable bonds is 8. The average Bonchev–Trinajstić information content (AvgIpc) is 3.31. The predicted molar refractivity (Wildman–Crippen MR) is 143 cm³/mol. The van der Waals surface area contributed by atoms with Gasteiger partial charge in [0.25, 0.3) is 15.9 Å². The zero-order chi connectivity index (χ0) is 25.5. The largest absolute Gasteiger partial charge is 0.484 e. The van der Waals surface area contributed by atoms with Crippen LogP contribution in [0.25, 0.3) is 10.9 Å². The molecule has 0 bridgehead atoms. The summed E-state index contributed by atoms with van der Waals surface area (Å²) >= 11 is 0. The number of fused-ring (bicyclic) bond motifs is 1. The number of benzene rings is 2. The van der Waals surface area contributed by atoms with E-state index >= 15 is 0 Å². The molecule has 0 spiro atoms. The molecule has 0 saturated heterocycles. The van der Waals surface area contributed by atoms with Gasteiger partial charge in [0.2, 0.25) is 0 Å². The predicted octanol–water partition coefficient (Wildman–Crippen LogP) is 4.89. The molecule has 36 heavy (non-hydrogen) atoms. The number of carbonyl (C=O) groups excluding carboxylic acids is 1. The highest BCUT2D eigenvalue weighted by Gasteiger charge is 2.21. The molecule has 1 saturated carbocycles. The maximum absolute atomic E-state index is 13.3. The van der Waals surface area contributed by atoms with E-state index in [9.17, 15) is 13.2 Å². The van der Waals surface area contributed by atoms with Crippen LogP contribution in [0.5, 0.6) is 5.75 Å². The minimum absolute atomic E-state index is 0.0848. The van der Waals surface area contributed by atoms with Crippen LogP contribution in [0.2, 0.25) is 0 Å². The molecule has 0 radical (unpaired) electrons. The number of nitrogens with zero attached hydrogens (tertiary/aromatic N) is 1. The third-order valence-corrected chi connectivity index (χ3v) is 8.74. The van der Waals surface area contributed by atoms with Gasteiger partial charge in [-0.15, -0.1) is 0 Å². The van der Waals surface area contributed by atoms with E-state index in [1.165, 1.54) is 55.3 Å². The van der Waals surface area contributed by atoms with Gasteiger partial charge in [-0.25, -0.2) is 12.4 Å². The Hall–Kier alpha value is -2.84. The van der Waals surface area contributed by atoms with Gasteiger partial charge in [-0.05, 0) is 61.6 Å². The second-order valence-corrected chi connectivity index (χ2v) is 11.6. The first kappa shape index (κ1) is 26.2. The van der Waals surface area contributed by atoms with E-state index in [1.54, 1.807) is 48.7 Å². The molecule has 2 aromatic carbocycles. The smallest absolute Gasteiger partial charge is 0.268 e. The summed E-state index contributed by atoms with van der Waals surface area (Å²) in [7, 11) is -3.78. The minimum Gasteiger partial charge on any atom is -0.484 e. The molecular formula is C28H37N3O4S. The quantitative estimate of drug-likeness (QED) is 0.448. The monoisotopic (exact) mass is 511 g/mol. The van der Waals surface area contributed by atoms with Gasteiger partial charge in [-0.1, -0.05) is 56.2 Å². The fourth-order valence-corrected chi connectivity index (χ4v) is 6.29. The molecule has 3 N–H and O–H groups in total. The van der Waals surface area contributed by atoms with Crippen LogP contribution in [0, 0.1) is 12.8 Å². The molecule has 7 nitrogen and oxygen atoms in total. The van der Waals surface area contributed by atoms with E-state index in [0.717, 1.165) is 5.56 Å². The van der Waals surface area contributed by atoms with Crippen molar-refractivity contribution in [2.24, 2.45) is 11.7 Å². The van der Waals surface area contributed by atoms with E-state index in [0.29, 0.717) is 34.7 Å². The molecular weight excluding hydrogens is 474 g/mol. The Balaban J connectivity index is 1.43. The summed E-state index contributed by atoms with van der Waals surface area (Å²) < 4.78 is 33.6. The Kier molecular flexibility index (Phi) is 8.69. The number of aryl methyl sites for hydroxylation is 1. The van der Waals surface area contributed by atoms with Gasteiger partial charge >= 0.3 is 0 Å². The van der Waals surface area contributed by atoms with Crippen molar-refractivity contribution in [3.05, 3.63) is 59.8 Å². The van der Waals surface area contributed by atoms with Crippen molar-refractivity contribution in [3.63, 3.8) is 0 Å². The van der Waals surface area contributed by atoms with Crippen molar-refractivity contribution in [2.45, 2.75) is 69.7 Å². The van der Waals surface area contributed by atoms with Gasteiger partial charge in [0.05, 0.1) is 10.4 Å². The zero-order valence-corrected chi connectivity index (χ0v) is 21.9. The Morgan fingerprint density at radius 2 is 1.69 bits per heavy atom. The van der Waals surface area contributed by atoms with Crippen LogP contribution in [-0.4, -0.2) is 31.4 Å². The molecule has 0 unspecified atom stereocenters. The van der Waals surface area contributed by atoms with Crippen molar-refractivity contribution >= 4 is 26.8 Å². The zero-order valence-electron chi connectivity index (χ0n) is 21.0. The first-order valence-corrected chi connectivity index (χ1v) is 14.4.